The number of pyridine rings is 1. The molecule has 1 aromatic carbocycles. The van der Waals surface area contributed by atoms with Gasteiger partial charge in [0.15, 0.2) is 0 Å². The van der Waals surface area contributed by atoms with Crippen molar-refractivity contribution in [2.75, 3.05) is 24.5 Å². The van der Waals surface area contributed by atoms with E-state index in [0.717, 1.165) is 43.5 Å². The Morgan fingerprint density at radius 2 is 1.92 bits per heavy atom. The van der Waals surface area contributed by atoms with Gasteiger partial charge in [-0.2, -0.15) is 0 Å². The largest absolute Gasteiger partial charge is 0.368 e. The van der Waals surface area contributed by atoms with Crippen LogP contribution in [0.2, 0.25) is 0 Å². The Balaban J connectivity index is 1.76. The van der Waals surface area contributed by atoms with Gasteiger partial charge in [0, 0.05) is 49.6 Å². The zero-order valence-electron chi connectivity index (χ0n) is 14.2. The number of nitrogens with one attached hydrogen (secondary N) is 1. The maximum Gasteiger partial charge on any atom is 0.258 e. The van der Waals surface area contributed by atoms with E-state index in [0.29, 0.717) is 11.7 Å². The molecule has 2 aromatic heterocycles. The lowest BCUT2D eigenvalue weighted by atomic mass is 10.1. The number of fused-ring (bicyclic) bond motifs is 1. The van der Waals surface area contributed by atoms with E-state index in [4.69, 9.17) is 0 Å². The van der Waals surface area contributed by atoms with E-state index in [1.54, 1.807) is 12.3 Å². The molecule has 7 heteroatoms. The first-order valence-electron chi connectivity index (χ1n) is 8.48. The maximum absolute atomic E-state index is 13.5. The highest BCUT2D eigenvalue weighted by molar-refractivity contribution is 5.62. The summed E-state index contributed by atoms with van der Waals surface area (Å²) in [5.74, 6) is -1.41. The topological polar surface area (TPSA) is 49.6 Å². The molecule has 1 N–H and O–H groups in total. The first kappa shape index (κ1) is 16.7. The molecule has 5 nitrogen and oxygen atoms in total. The van der Waals surface area contributed by atoms with Gasteiger partial charge in [0.1, 0.15) is 17.3 Å². The quantitative estimate of drug-likeness (QED) is 0.766. The first-order valence-corrected chi connectivity index (χ1v) is 8.48. The SMILES string of the molecule is C[C@H]1CN(c2ccc3nc(-c4cc(F)cc(F)c4)cc(=O)n3c2)CCN1. The molecule has 26 heavy (non-hydrogen) atoms. The molecule has 134 valence electrons. The second kappa shape index (κ2) is 6.49. The third kappa shape index (κ3) is 3.17. The Kier molecular flexibility index (Phi) is 4.16. The van der Waals surface area contributed by atoms with Crippen LogP contribution in [0.3, 0.4) is 0 Å². The molecule has 0 saturated carbocycles. The minimum Gasteiger partial charge on any atom is -0.368 e. The summed E-state index contributed by atoms with van der Waals surface area (Å²) in [5.41, 5.74) is 1.57. The Hall–Kier alpha value is -2.80. The lowest BCUT2D eigenvalue weighted by Gasteiger charge is -2.33. The lowest BCUT2D eigenvalue weighted by molar-refractivity contribution is 0.484. The molecule has 1 aliphatic heterocycles. The van der Waals surface area contributed by atoms with Gasteiger partial charge < -0.3 is 10.2 Å². The molecular formula is C19H18F2N4O. The van der Waals surface area contributed by atoms with Crippen molar-refractivity contribution in [3.05, 3.63) is 64.6 Å². The number of nitrogens with zero attached hydrogens (tertiary/aromatic N) is 3. The van der Waals surface area contributed by atoms with Crippen LogP contribution in [0.15, 0.2) is 47.4 Å². The van der Waals surface area contributed by atoms with Gasteiger partial charge in [0.25, 0.3) is 5.56 Å². The third-order valence-electron chi connectivity index (χ3n) is 4.54. The van der Waals surface area contributed by atoms with Gasteiger partial charge in [-0.1, -0.05) is 0 Å². The molecule has 0 spiro atoms. The van der Waals surface area contributed by atoms with Crippen molar-refractivity contribution in [2.45, 2.75) is 13.0 Å². The van der Waals surface area contributed by atoms with Crippen molar-refractivity contribution in [3.8, 4) is 11.3 Å². The molecule has 4 rings (SSSR count). The number of hydrogen-bond acceptors (Lipinski definition) is 4. The molecule has 1 atom stereocenters. The van der Waals surface area contributed by atoms with Crippen molar-refractivity contribution < 1.29 is 8.78 Å². The normalized spacial score (nSPS) is 17.7. The summed E-state index contributed by atoms with van der Waals surface area (Å²) in [5, 5.41) is 3.38. The average Bonchev–Trinajstić information content (AvgIpc) is 2.60. The van der Waals surface area contributed by atoms with Crippen LogP contribution in [-0.2, 0) is 0 Å². The fourth-order valence-electron chi connectivity index (χ4n) is 3.29. The van der Waals surface area contributed by atoms with Crippen molar-refractivity contribution >= 4 is 11.3 Å². The summed E-state index contributed by atoms with van der Waals surface area (Å²) < 4.78 is 28.4. The van der Waals surface area contributed by atoms with Gasteiger partial charge in [-0.25, -0.2) is 13.8 Å². The summed E-state index contributed by atoms with van der Waals surface area (Å²) in [7, 11) is 0. The molecule has 0 unspecified atom stereocenters. The molecular weight excluding hydrogens is 338 g/mol. The fourth-order valence-corrected chi connectivity index (χ4v) is 3.29. The molecule has 0 radical (unpaired) electrons. The van der Waals surface area contributed by atoms with Crippen LogP contribution in [0.5, 0.6) is 0 Å². The first-order chi connectivity index (χ1) is 12.5. The van der Waals surface area contributed by atoms with E-state index in [1.165, 1.54) is 10.5 Å². The van der Waals surface area contributed by atoms with Gasteiger partial charge in [0.2, 0.25) is 0 Å². The van der Waals surface area contributed by atoms with Crippen LogP contribution in [-0.4, -0.2) is 35.1 Å². The van der Waals surface area contributed by atoms with Crippen LogP contribution in [0.4, 0.5) is 14.5 Å². The van der Waals surface area contributed by atoms with Crippen LogP contribution in [0.1, 0.15) is 6.92 Å². The predicted molar refractivity (Wildman–Crippen MR) is 96.5 cm³/mol. The number of benzene rings is 1. The Bertz CT molecular complexity index is 1010. The van der Waals surface area contributed by atoms with Crippen molar-refractivity contribution in [2.24, 2.45) is 0 Å². The fraction of sp³-hybridized carbons (Fsp3) is 0.263. The van der Waals surface area contributed by atoms with E-state index in [-0.39, 0.29) is 16.8 Å². The van der Waals surface area contributed by atoms with Gasteiger partial charge in [-0.15, -0.1) is 0 Å². The highest BCUT2D eigenvalue weighted by atomic mass is 19.1. The van der Waals surface area contributed by atoms with Crippen LogP contribution in [0.25, 0.3) is 16.9 Å². The van der Waals surface area contributed by atoms with Gasteiger partial charge in [-0.05, 0) is 31.2 Å². The second-order valence-electron chi connectivity index (χ2n) is 6.55. The predicted octanol–water partition coefficient (Wildman–Crippen LogP) is 2.44. The summed E-state index contributed by atoms with van der Waals surface area (Å²) in [6, 6.07) is 8.46. The summed E-state index contributed by atoms with van der Waals surface area (Å²) in [6.45, 7) is 4.72. The van der Waals surface area contributed by atoms with E-state index in [2.05, 4.69) is 22.1 Å². The number of anilines is 1. The molecule has 1 fully saturated rings. The summed E-state index contributed by atoms with van der Waals surface area (Å²) in [4.78, 5) is 19.1. The maximum atomic E-state index is 13.5. The average molecular weight is 356 g/mol. The molecule has 1 aliphatic rings. The summed E-state index contributed by atoms with van der Waals surface area (Å²) >= 11 is 0. The molecule has 3 aromatic rings. The van der Waals surface area contributed by atoms with Crippen LogP contribution in [0, 0.1) is 11.6 Å². The Morgan fingerprint density at radius 3 is 2.65 bits per heavy atom. The third-order valence-corrected chi connectivity index (χ3v) is 4.54. The zero-order valence-corrected chi connectivity index (χ0v) is 14.2. The number of rotatable bonds is 2. The monoisotopic (exact) mass is 356 g/mol. The van der Waals surface area contributed by atoms with Gasteiger partial charge >= 0.3 is 0 Å². The molecule has 3 heterocycles. The molecule has 0 amide bonds. The Morgan fingerprint density at radius 1 is 1.15 bits per heavy atom. The molecule has 1 saturated heterocycles. The highest BCUT2D eigenvalue weighted by Gasteiger charge is 2.17. The lowest BCUT2D eigenvalue weighted by Crippen LogP contribution is -2.49. The van der Waals surface area contributed by atoms with Crippen molar-refractivity contribution in [3.63, 3.8) is 0 Å². The number of aromatic nitrogens is 2. The highest BCUT2D eigenvalue weighted by Crippen LogP contribution is 2.21. The molecule has 0 bridgehead atoms. The van der Waals surface area contributed by atoms with Crippen molar-refractivity contribution in [1.82, 2.24) is 14.7 Å². The minimum absolute atomic E-state index is 0.238. The number of hydrogen-bond donors (Lipinski definition) is 1. The van der Waals surface area contributed by atoms with E-state index in [1.807, 2.05) is 6.07 Å². The standard InChI is InChI=1S/C19H18F2N4O/c1-12-10-24(5-4-22-12)16-2-3-18-23-17(9-19(26)25(18)11-16)13-6-14(20)8-15(21)7-13/h2-3,6-9,11-12,22H,4-5,10H2,1H3/t12-/m0/s1. The Labute approximate surface area is 148 Å². The van der Waals surface area contributed by atoms with E-state index in [9.17, 15) is 13.6 Å². The summed E-state index contributed by atoms with van der Waals surface area (Å²) in [6.07, 6.45) is 1.76. The smallest absolute Gasteiger partial charge is 0.258 e. The van der Waals surface area contributed by atoms with Crippen LogP contribution < -0.4 is 15.8 Å². The minimum atomic E-state index is -0.704. The zero-order chi connectivity index (χ0) is 18.3. The van der Waals surface area contributed by atoms with E-state index < -0.39 is 11.6 Å². The van der Waals surface area contributed by atoms with Crippen LogP contribution >= 0.6 is 0 Å². The molecule has 0 aliphatic carbocycles. The van der Waals surface area contributed by atoms with E-state index >= 15 is 0 Å². The number of halogens is 2. The number of piperazine rings is 1. The second-order valence-corrected chi connectivity index (χ2v) is 6.55. The van der Waals surface area contributed by atoms with Gasteiger partial charge in [0.05, 0.1) is 11.4 Å². The van der Waals surface area contributed by atoms with Gasteiger partial charge in [-0.3, -0.25) is 9.20 Å². The van der Waals surface area contributed by atoms with Crippen molar-refractivity contribution in [1.29, 1.82) is 0 Å².